The third-order valence-corrected chi connectivity index (χ3v) is 4.11. The molecule has 1 saturated carbocycles. The molecule has 7 heteroatoms. The van der Waals surface area contributed by atoms with Crippen LogP contribution in [-0.2, 0) is 14.3 Å². The number of methoxy groups -OCH3 is 1. The summed E-state index contributed by atoms with van der Waals surface area (Å²) in [6.07, 6.45) is 2.39. The number of fused-ring (bicyclic) bond motifs is 1. The molecule has 0 spiro atoms. The van der Waals surface area contributed by atoms with Gasteiger partial charge in [0.2, 0.25) is 5.91 Å². The van der Waals surface area contributed by atoms with Gasteiger partial charge in [-0.1, -0.05) is 0 Å². The molecule has 1 amide bonds. The predicted molar refractivity (Wildman–Crippen MR) is 75.0 cm³/mol. The fraction of sp³-hybridized carbons (Fsp3) is 0.600. The summed E-state index contributed by atoms with van der Waals surface area (Å²) in [5.74, 6) is -0.559. The maximum Gasteiger partial charge on any atom is 0.250 e. The topological polar surface area (TPSA) is 60.9 Å². The molecule has 22 heavy (non-hydrogen) atoms. The Hall–Kier alpha value is -1.73. The van der Waals surface area contributed by atoms with Crippen LogP contribution in [0.2, 0.25) is 0 Å². The summed E-state index contributed by atoms with van der Waals surface area (Å²) in [5.41, 5.74) is 0. The van der Waals surface area contributed by atoms with Crippen molar-refractivity contribution in [3.63, 3.8) is 0 Å². The molecule has 0 bridgehead atoms. The minimum atomic E-state index is -0.492. The van der Waals surface area contributed by atoms with Crippen molar-refractivity contribution in [2.45, 2.75) is 31.1 Å². The molecule has 3 atom stereocenters. The van der Waals surface area contributed by atoms with Crippen LogP contribution in [-0.4, -0.2) is 60.9 Å². The number of nitrogens with zero attached hydrogens (tertiary/aromatic N) is 2. The van der Waals surface area contributed by atoms with Crippen molar-refractivity contribution in [3.8, 4) is 5.88 Å². The van der Waals surface area contributed by atoms with Gasteiger partial charge in [0.1, 0.15) is 18.8 Å². The van der Waals surface area contributed by atoms with E-state index in [1.165, 1.54) is 25.4 Å². The Morgan fingerprint density at radius 3 is 3.18 bits per heavy atom. The van der Waals surface area contributed by atoms with E-state index in [0.29, 0.717) is 19.6 Å². The lowest BCUT2D eigenvalue weighted by atomic mass is 10.1. The van der Waals surface area contributed by atoms with Crippen molar-refractivity contribution in [2.24, 2.45) is 0 Å². The van der Waals surface area contributed by atoms with Crippen LogP contribution >= 0.6 is 0 Å². The summed E-state index contributed by atoms with van der Waals surface area (Å²) in [7, 11) is 1.50. The van der Waals surface area contributed by atoms with Gasteiger partial charge in [0, 0.05) is 19.9 Å². The van der Waals surface area contributed by atoms with Crippen LogP contribution < -0.4 is 4.74 Å². The molecule has 2 aliphatic rings. The minimum absolute atomic E-state index is 0.0166. The monoisotopic (exact) mass is 310 g/mol. The Balaban J connectivity index is 1.70. The molecule has 0 unspecified atom stereocenters. The molecule has 0 radical (unpaired) electrons. The van der Waals surface area contributed by atoms with Gasteiger partial charge in [-0.05, 0) is 25.0 Å². The molecule has 2 fully saturated rings. The normalized spacial score (nSPS) is 27.5. The van der Waals surface area contributed by atoms with Gasteiger partial charge in [-0.15, -0.1) is 0 Å². The second kappa shape index (κ2) is 6.58. The second-order valence-corrected chi connectivity index (χ2v) is 5.45. The van der Waals surface area contributed by atoms with Crippen LogP contribution in [0.5, 0.6) is 5.88 Å². The van der Waals surface area contributed by atoms with E-state index in [-0.39, 0.29) is 36.6 Å². The summed E-state index contributed by atoms with van der Waals surface area (Å²) >= 11 is 0. The third-order valence-electron chi connectivity index (χ3n) is 4.11. The molecule has 1 aromatic rings. The number of amides is 1. The van der Waals surface area contributed by atoms with E-state index >= 15 is 0 Å². The average Bonchev–Trinajstić information content (AvgIpc) is 2.93. The molecule has 1 saturated heterocycles. The highest BCUT2D eigenvalue weighted by molar-refractivity contribution is 5.78. The average molecular weight is 310 g/mol. The van der Waals surface area contributed by atoms with Gasteiger partial charge in [0.05, 0.1) is 12.6 Å². The lowest BCUT2D eigenvalue weighted by Crippen LogP contribution is -2.55. The number of carbonyl (C=O) groups excluding carboxylic acids is 1. The van der Waals surface area contributed by atoms with Crippen molar-refractivity contribution >= 4 is 5.91 Å². The first-order chi connectivity index (χ1) is 10.7. The predicted octanol–water partition coefficient (Wildman–Crippen LogP) is 1.00. The van der Waals surface area contributed by atoms with E-state index in [1.807, 2.05) is 0 Å². The van der Waals surface area contributed by atoms with Crippen LogP contribution in [0.4, 0.5) is 4.39 Å². The van der Waals surface area contributed by atoms with E-state index in [4.69, 9.17) is 14.2 Å². The smallest absolute Gasteiger partial charge is 0.250 e. The van der Waals surface area contributed by atoms with Gasteiger partial charge in [0.25, 0.3) is 5.88 Å². The highest BCUT2D eigenvalue weighted by Crippen LogP contribution is 2.33. The summed E-state index contributed by atoms with van der Waals surface area (Å²) in [6, 6.07) is 2.78. The first-order valence-corrected chi connectivity index (χ1v) is 7.38. The van der Waals surface area contributed by atoms with Crippen molar-refractivity contribution in [1.29, 1.82) is 0 Å². The molecule has 2 heterocycles. The first kappa shape index (κ1) is 15.2. The summed E-state index contributed by atoms with van der Waals surface area (Å²) in [6.45, 7) is 1.05. The number of hydrogen-bond acceptors (Lipinski definition) is 5. The molecule has 0 N–H and O–H groups in total. The largest absolute Gasteiger partial charge is 0.469 e. The summed E-state index contributed by atoms with van der Waals surface area (Å²) < 4.78 is 30.0. The molecule has 1 aliphatic carbocycles. The number of pyridine rings is 1. The Kier molecular flexibility index (Phi) is 4.54. The molecule has 1 aliphatic heterocycles. The zero-order chi connectivity index (χ0) is 15.5. The Bertz CT molecular complexity index is 542. The third kappa shape index (κ3) is 2.91. The SMILES string of the molecule is COCC(=O)N1CCO[C@H]2[C@H](Oc3ncccc3F)CC[C@@H]21. The van der Waals surface area contributed by atoms with Crippen LogP contribution in [0.1, 0.15) is 12.8 Å². The standard InChI is InChI=1S/C15H19FN2O4/c1-20-9-13(19)18-7-8-21-14-11(18)4-5-12(14)22-15-10(16)3-2-6-17-15/h2-3,6,11-12,14H,4-5,7-9H2,1H3/t11-,12+,14+/m0/s1. The molecule has 120 valence electrons. The Morgan fingerprint density at radius 1 is 1.55 bits per heavy atom. The molecule has 0 aromatic carbocycles. The van der Waals surface area contributed by atoms with Gasteiger partial charge in [0.15, 0.2) is 5.82 Å². The molecule has 6 nitrogen and oxygen atoms in total. The number of carbonyl (C=O) groups is 1. The highest BCUT2D eigenvalue weighted by atomic mass is 19.1. The fourth-order valence-electron chi connectivity index (χ4n) is 3.16. The van der Waals surface area contributed by atoms with Crippen LogP contribution in [0.25, 0.3) is 0 Å². The van der Waals surface area contributed by atoms with Crippen LogP contribution in [0, 0.1) is 5.82 Å². The number of hydrogen-bond donors (Lipinski definition) is 0. The zero-order valence-corrected chi connectivity index (χ0v) is 12.4. The van der Waals surface area contributed by atoms with Gasteiger partial charge < -0.3 is 19.1 Å². The van der Waals surface area contributed by atoms with Crippen LogP contribution in [0.3, 0.4) is 0 Å². The van der Waals surface area contributed by atoms with Gasteiger partial charge in [-0.2, -0.15) is 0 Å². The van der Waals surface area contributed by atoms with Crippen molar-refractivity contribution in [2.75, 3.05) is 26.9 Å². The Morgan fingerprint density at radius 2 is 2.41 bits per heavy atom. The maximum atomic E-state index is 13.7. The zero-order valence-electron chi connectivity index (χ0n) is 12.4. The highest BCUT2D eigenvalue weighted by Gasteiger charge is 2.45. The lowest BCUT2D eigenvalue weighted by Gasteiger charge is -2.38. The number of halogens is 1. The second-order valence-electron chi connectivity index (χ2n) is 5.45. The molecular formula is C15H19FN2O4. The molecule has 1 aromatic heterocycles. The van der Waals surface area contributed by atoms with E-state index in [1.54, 1.807) is 4.90 Å². The van der Waals surface area contributed by atoms with E-state index < -0.39 is 5.82 Å². The van der Waals surface area contributed by atoms with Gasteiger partial charge in [-0.25, -0.2) is 9.37 Å². The molecule has 3 rings (SSSR count). The van der Waals surface area contributed by atoms with E-state index in [0.717, 1.165) is 6.42 Å². The quantitative estimate of drug-likeness (QED) is 0.830. The summed E-state index contributed by atoms with van der Waals surface area (Å²) in [5, 5.41) is 0. The van der Waals surface area contributed by atoms with E-state index in [9.17, 15) is 9.18 Å². The number of rotatable bonds is 4. The van der Waals surface area contributed by atoms with Crippen molar-refractivity contribution < 1.29 is 23.4 Å². The van der Waals surface area contributed by atoms with Crippen molar-refractivity contribution in [1.82, 2.24) is 9.88 Å². The van der Waals surface area contributed by atoms with Gasteiger partial charge in [-0.3, -0.25) is 4.79 Å². The summed E-state index contributed by atoms with van der Waals surface area (Å²) in [4.78, 5) is 17.8. The first-order valence-electron chi connectivity index (χ1n) is 7.38. The fourth-order valence-corrected chi connectivity index (χ4v) is 3.16. The van der Waals surface area contributed by atoms with Gasteiger partial charge >= 0.3 is 0 Å². The van der Waals surface area contributed by atoms with Crippen LogP contribution in [0.15, 0.2) is 18.3 Å². The minimum Gasteiger partial charge on any atom is -0.469 e. The molecular weight excluding hydrogens is 291 g/mol. The maximum absolute atomic E-state index is 13.7. The number of morpholine rings is 1. The Labute approximate surface area is 128 Å². The van der Waals surface area contributed by atoms with E-state index in [2.05, 4.69) is 4.98 Å². The number of ether oxygens (including phenoxy) is 3. The van der Waals surface area contributed by atoms with Crippen molar-refractivity contribution in [3.05, 3.63) is 24.1 Å². The number of aromatic nitrogens is 1. The lowest BCUT2D eigenvalue weighted by molar-refractivity contribution is -0.151.